The van der Waals surface area contributed by atoms with E-state index in [1.54, 1.807) is 18.6 Å². The van der Waals surface area contributed by atoms with Crippen molar-refractivity contribution < 1.29 is 4.42 Å². The van der Waals surface area contributed by atoms with Crippen LogP contribution in [0.3, 0.4) is 0 Å². The molecule has 0 radical (unpaired) electrons. The van der Waals surface area contributed by atoms with Crippen LogP contribution in [0.2, 0.25) is 0 Å². The minimum atomic E-state index is 1.25. The summed E-state index contributed by atoms with van der Waals surface area (Å²) in [6.45, 7) is 2.50. The van der Waals surface area contributed by atoms with E-state index in [-0.39, 0.29) is 0 Å². The van der Waals surface area contributed by atoms with Gasteiger partial charge in [-0.15, -0.1) is 0 Å². The van der Waals surface area contributed by atoms with E-state index < -0.39 is 0 Å². The number of oxazole rings is 1. The van der Waals surface area contributed by atoms with E-state index in [9.17, 15) is 0 Å². The topological polar surface area (TPSA) is 63.8 Å². The molecule has 0 amide bonds. The van der Waals surface area contributed by atoms with Gasteiger partial charge in [-0.05, 0) is 38.1 Å². The number of aromatic nitrogens is 3. The van der Waals surface area contributed by atoms with E-state index in [1.807, 2.05) is 12.1 Å². The zero-order chi connectivity index (χ0) is 11.3. The molecule has 2 aromatic heterocycles. The van der Waals surface area contributed by atoms with Crippen molar-refractivity contribution in [2.24, 2.45) is 0 Å². The molecular weight excluding hydrogens is 204 g/mol. The minimum Gasteiger partial charge on any atom is -0.452 e. The van der Waals surface area contributed by atoms with Crippen LogP contribution in [0, 0.1) is 0 Å². The number of rotatable bonds is 0. The highest BCUT2D eigenvalue weighted by atomic mass is 16.3. The van der Waals surface area contributed by atoms with Gasteiger partial charge in [0, 0.05) is 12.4 Å². The summed E-state index contributed by atoms with van der Waals surface area (Å²) >= 11 is 0. The second kappa shape index (κ2) is 9.79. The van der Waals surface area contributed by atoms with Crippen molar-refractivity contribution in [3.63, 3.8) is 0 Å². The Morgan fingerprint density at radius 3 is 1.81 bits per heavy atom. The van der Waals surface area contributed by atoms with Crippen molar-refractivity contribution >= 4 is 0 Å². The highest BCUT2D eigenvalue weighted by molar-refractivity contribution is 4.79. The molecule has 0 atom stereocenters. The van der Waals surface area contributed by atoms with Crippen molar-refractivity contribution in [3.05, 3.63) is 43.4 Å². The zero-order valence-corrected chi connectivity index (χ0v) is 9.12. The predicted molar refractivity (Wildman–Crippen MR) is 60.6 cm³/mol. The van der Waals surface area contributed by atoms with Crippen LogP contribution in [0.15, 0.2) is 47.8 Å². The van der Waals surface area contributed by atoms with Crippen LogP contribution in [-0.2, 0) is 0 Å². The number of hydrogen-bond donors (Lipinski definition) is 1. The standard InChI is InChI=1S/C4H4N2.C4H9N.C3H3NO/c1-2-4-6-5-3-1;1-2-4-5-3-1;1-2-5-3-4-1/h1-4H;5H,1-4H2;1-3H. The van der Waals surface area contributed by atoms with Gasteiger partial charge in [0.25, 0.3) is 0 Å². The van der Waals surface area contributed by atoms with Crippen LogP contribution in [-0.4, -0.2) is 28.3 Å². The van der Waals surface area contributed by atoms with Gasteiger partial charge in [0.2, 0.25) is 0 Å². The molecule has 1 saturated heterocycles. The van der Waals surface area contributed by atoms with E-state index in [2.05, 4.69) is 24.9 Å². The Labute approximate surface area is 94.9 Å². The van der Waals surface area contributed by atoms with E-state index in [4.69, 9.17) is 0 Å². The Kier molecular flexibility index (Phi) is 7.54. The molecule has 86 valence electrons. The molecule has 1 aliphatic heterocycles. The highest BCUT2D eigenvalue weighted by Crippen LogP contribution is 1.90. The third kappa shape index (κ3) is 7.64. The van der Waals surface area contributed by atoms with Crippen LogP contribution in [0.5, 0.6) is 0 Å². The second-order valence-electron chi connectivity index (χ2n) is 3.05. The normalized spacial score (nSPS) is 13.0. The van der Waals surface area contributed by atoms with Crippen molar-refractivity contribution in [2.75, 3.05) is 13.1 Å². The highest BCUT2D eigenvalue weighted by Gasteiger charge is 1.93. The van der Waals surface area contributed by atoms with Crippen molar-refractivity contribution in [3.8, 4) is 0 Å². The van der Waals surface area contributed by atoms with Crippen LogP contribution in [0.1, 0.15) is 12.8 Å². The molecule has 3 heterocycles. The summed E-state index contributed by atoms with van der Waals surface area (Å²) in [6, 6.07) is 3.65. The number of nitrogens with one attached hydrogen (secondary N) is 1. The lowest BCUT2D eigenvalue weighted by molar-refractivity contribution is 0.558. The molecule has 2 aromatic rings. The fraction of sp³-hybridized carbons (Fsp3) is 0.364. The summed E-state index contributed by atoms with van der Waals surface area (Å²) in [6.07, 6.45) is 10.5. The van der Waals surface area contributed by atoms with Gasteiger partial charge in [0.1, 0.15) is 6.26 Å². The summed E-state index contributed by atoms with van der Waals surface area (Å²) in [5.41, 5.74) is 0. The van der Waals surface area contributed by atoms with Gasteiger partial charge < -0.3 is 9.73 Å². The van der Waals surface area contributed by atoms with Gasteiger partial charge in [0.05, 0.1) is 6.20 Å². The summed E-state index contributed by atoms with van der Waals surface area (Å²) in [7, 11) is 0. The van der Waals surface area contributed by atoms with Gasteiger partial charge in [-0.3, -0.25) is 0 Å². The Bertz CT molecular complexity index is 256. The third-order valence-corrected chi connectivity index (χ3v) is 1.79. The Balaban J connectivity index is 0.000000121. The van der Waals surface area contributed by atoms with Crippen LogP contribution in [0.25, 0.3) is 0 Å². The van der Waals surface area contributed by atoms with E-state index >= 15 is 0 Å². The van der Waals surface area contributed by atoms with Gasteiger partial charge in [-0.1, -0.05) is 0 Å². The van der Waals surface area contributed by atoms with E-state index in [1.165, 1.54) is 38.6 Å². The molecule has 0 spiro atoms. The molecule has 1 N–H and O–H groups in total. The Hall–Kier alpha value is -1.75. The van der Waals surface area contributed by atoms with E-state index in [0.717, 1.165) is 0 Å². The van der Waals surface area contributed by atoms with Gasteiger partial charge in [-0.25, -0.2) is 4.98 Å². The lowest BCUT2D eigenvalue weighted by atomic mass is 10.4. The number of nitrogens with zero attached hydrogens (tertiary/aromatic N) is 3. The average molecular weight is 220 g/mol. The van der Waals surface area contributed by atoms with Crippen LogP contribution >= 0.6 is 0 Å². The van der Waals surface area contributed by atoms with Crippen molar-refractivity contribution in [1.82, 2.24) is 20.5 Å². The SMILES string of the molecule is C1CCNC1.c1ccnnc1.c1cocn1. The van der Waals surface area contributed by atoms with Crippen LogP contribution < -0.4 is 5.32 Å². The molecule has 5 heteroatoms. The third-order valence-electron chi connectivity index (χ3n) is 1.79. The van der Waals surface area contributed by atoms with Crippen molar-refractivity contribution in [1.29, 1.82) is 0 Å². The Morgan fingerprint density at radius 2 is 1.62 bits per heavy atom. The van der Waals surface area contributed by atoms with Gasteiger partial charge in [-0.2, -0.15) is 10.2 Å². The molecule has 5 nitrogen and oxygen atoms in total. The molecule has 1 aliphatic rings. The largest absolute Gasteiger partial charge is 0.452 e. The van der Waals surface area contributed by atoms with Crippen LogP contribution in [0.4, 0.5) is 0 Å². The molecule has 0 unspecified atom stereocenters. The molecule has 1 fully saturated rings. The monoisotopic (exact) mass is 220 g/mol. The average Bonchev–Trinajstić information content (AvgIpc) is 3.10. The predicted octanol–water partition coefficient (Wildman–Crippen LogP) is 1.52. The fourth-order valence-corrected chi connectivity index (χ4v) is 1.05. The lowest BCUT2D eigenvalue weighted by Crippen LogP contribution is -2.03. The molecule has 0 aliphatic carbocycles. The fourth-order valence-electron chi connectivity index (χ4n) is 1.05. The first-order chi connectivity index (χ1) is 8.00. The maximum Gasteiger partial charge on any atom is 0.180 e. The minimum absolute atomic E-state index is 1.25. The molecule has 0 saturated carbocycles. The Morgan fingerprint density at radius 1 is 0.938 bits per heavy atom. The summed E-state index contributed by atoms with van der Waals surface area (Å²) in [4.78, 5) is 3.56. The second-order valence-corrected chi connectivity index (χ2v) is 3.05. The smallest absolute Gasteiger partial charge is 0.180 e. The zero-order valence-electron chi connectivity index (χ0n) is 9.12. The lowest BCUT2D eigenvalue weighted by Gasteiger charge is -1.76. The summed E-state index contributed by atoms with van der Waals surface area (Å²) in [5.74, 6) is 0. The quantitative estimate of drug-likeness (QED) is 0.729. The molecular formula is C11H16N4O. The van der Waals surface area contributed by atoms with Crippen molar-refractivity contribution in [2.45, 2.75) is 12.8 Å². The molecule has 0 aromatic carbocycles. The number of hydrogen-bond acceptors (Lipinski definition) is 5. The molecule has 16 heavy (non-hydrogen) atoms. The molecule has 3 rings (SSSR count). The molecule has 0 bridgehead atoms. The van der Waals surface area contributed by atoms with E-state index in [0.29, 0.717) is 0 Å². The summed E-state index contributed by atoms with van der Waals surface area (Å²) < 4.78 is 4.47. The first-order valence-electron chi connectivity index (χ1n) is 5.24. The van der Waals surface area contributed by atoms with Gasteiger partial charge in [0.15, 0.2) is 6.39 Å². The summed E-state index contributed by atoms with van der Waals surface area (Å²) in [5, 5.41) is 10.3. The maximum absolute atomic E-state index is 4.47. The first kappa shape index (κ1) is 12.3. The maximum atomic E-state index is 4.47. The first-order valence-corrected chi connectivity index (χ1v) is 5.24. The van der Waals surface area contributed by atoms with Gasteiger partial charge >= 0.3 is 0 Å².